The zero-order valence-electron chi connectivity index (χ0n) is 17.4. The monoisotopic (exact) mass is 348 g/mol. The fraction of sp³-hybridized carbons (Fsp3) is 0.458. The van der Waals surface area contributed by atoms with E-state index >= 15 is 0 Å². The molecule has 0 unspecified atom stereocenters. The number of hydrogen-bond donors (Lipinski definition) is 0. The summed E-state index contributed by atoms with van der Waals surface area (Å²) < 4.78 is 0. The van der Waals surface area contributed by atoms with Crippen molar-refractivity contribution >= 4 is 11.4 Å². The summed E-state index contributed by atoms with van der Waals surface area (Å²) in [7, 11) is 0. The fourth-order valence-electron chi connectivity index (χ4n) is 4.19. The molecule has 0 amide bonds. The highest BCUT2D eigenvalue weighted by atomic mass is 15.4. The standard InChI is InChI=1S/C24H32N2/c1-16(2)21-9-8-10-22(17(3)4)24(21)26-12-11-25(15-26)23-19(6)13-18(5)14-20(23)7/h8-10,13-14,16-17H,11-12H2,1-7H3. The van der Waals surface area contributed by atoms with Gasteiger partial charge in [0.15, 0.2) is 0 Å². The van der Waals surface area contributed by atoms with Crippen LogP contribution >= 0.6 is 0 Å². The highest BCUT2D eigenvalue weighted by Crippen LogP contribution is 2.39. The van der Waals surface area contributed by atoms with Gasteiger partial charge in [-0.25, -0.2) is 0 Å². The molecular weight excluding hydrogens is 316 g/mol. The van der Waals surface area contributed by atoms with E-state index in [1.165, 1.54) is 39.2 Å². The van der Waals surface area contributed by atoms with Crippen LogP contribution in [-0.4, -0.2) is 13.1 Å². The molecule has 2 aromatic carbocycles. The molecule has 1 fully saturated rings. The summed E-state index contributed by atoms with van der Waals surface area (Å²) in [4.78, 5) is 4.66. The number of para-hydroxylation sites is 1. The second kappa shape index (κ2) is 7.34. The van der Waals surface area contributed by atoms with Gasteiger partial charge >= 0.3 is 0 Å². The van der Waals surface area contributed by atoms with E-state index in [1.807, 2.05) is 0 Å². The summed E-state index contributed by atoms with van der Waals surface area (Å²) in [5.74, 6) is 1.00. The van der Waals surface area contributed by atoms with Crippen LogP contribution in [0.25, 0.3) is 0 Å². The van der Waals surface area contributed by atoms with Crippen LogP contribution < -0.4 is 9.80 Å². The average molecular weight is 349 g/mol. The summed E-state index contributed by atoms with van der Waals surface area (Å²) in [6.07, 6.45) is 0. The van der Waals surface area contributed by atoms with Crippen LogP contribution in [0.3, 0.4) is 0 Å². The van der Waals surface area contributed by atoms with Gasteiger partial charge in [-0.15, -0.1) is 0 Å². The molecule has 0 spiro atoms. The third-order valence-corrected chi connectivity index (χ3v) is 5.31. The van der Waals surface area contributed by atoms with Crippen LogP contribution in [0.4, 0.5) is 11.4 Å². The number of hydrogen-bond acceptors (Lipinski definition) is 2. The third-order valence-electron chi connectivity index (χ3n) is 5.31. The molecule has 1 heterocycles. The smallest absolute Gasteiger partial charge is 0.208 e. The maximum atomic E-state index is 3.68. The SMILES string of the molecule is Cc1cc(C)c(N2[C]N(c3c(C(C)C)cccc3C(C)C)CC2)c(C)c1. The first-order valence-corrected chi connectivity index (χ1v) is 9.81. The Morgan fingerprint density at radius 3 is 1.69 bits per heavy atom. The van der Waals surface area contributed by atoms with Gasteiger partial charge in [0.25, 0.3) is 0 Å². The van der Waals surface area contributed by atoms with Crippen molar-refractivity contribution in [3.63, 3.8) is 0 Å². The molecule has 0 aliphatic carbocycles. The first-order chi connectivity index (χ1) is 12.3. The van der Waals surface area contributed by atoms with Crippen molar-refractivity contribution in [2.75, 3.05) is 22.9 Å². The zero-order valence-corrected chi connectivity index (χ0v) is 17.4. The third kappa shape index (κ3) is 3.47. The van der Waals surface area contributed by atoms with Crippen LogP contribution in [-0.2, 0) is 0 Å². The van der Waals surface area contributed by atoms with Gasteiger partial charge in [-0.3, -0.25) is 0 Å². The van der Waals surface area contributed by atoms with Gasteiger partial charge in [-0.2, -0.15) is 0 Å². The molecule has 0 atom stereocenters. The van der Waals surface area contributed by atoms with Crippen LogP contribution in [0.1, 0.15) is 67.3 Å². The van der Waals surface area contributed by atoms with E-state index in [1.54, 1.807) is 0 Å². The van der Waals surface area contributed by atoms with Gasteiger partial charge in [-0.05, 0) is 54.9 Å². The molecule has 0 aromatic heterocycles. The van der Waals surface area contributed by atoms with E-state index in [0.717, 1.165) is 13.1 Å². The van der Waals surface area contributed by atoms with E-state index < -0.39 is 0 Å². The maximum Gasteiger partial charge on any atom is 0.208 e. The zero-order chi connectivity index (χ0) is 19.0. The molecule has 0 N–H and O–H groups in total. The summed E-state index contributed by atoms with van der Waals surface area (Å²) in [5.41, 5.74) is 9.50. The van der Waals surface area contributed by atoms with E-state index in [4.69, 9.17) is 0 Å². The van der Waals surface area contributed by atoms with Crippen molar-refractivity contribution in [2.24, 2.45) is 0 Å². The Balaban J connectivity index is 1.97. The molecule has 1 aliphatic heterocycles. The van der Waals surface area contributed by atoms with Crippen molar-refractivity contribution in [1.29, 1.82) is 0 Å². The average Bonchev–Trinajstić information content (AvgIpc) is 3.02. The molecule has 0 saturated carbocycles. The summed E-state index contributed by atoms with van der Waals surface area (Å²) in [6, 6.07) is 11.3. The molecule has 1 aliphatic rings. The van der Waals surface area contributed by atoms with Crippen molar-refractivity contribution in [2.45, 2.75) is 60.3 Å². The Hall–Kier alpha value is -1.96. The topological polar surface area (TPSA) is 6.48 Å². The molecule has 2 radical (unpaired) electrons. The van der Waals surface area contributed by atoms with E-state index in [-0.39, 0.29) is 0 Å². The molecule has 1 saturated heterocycles. The lowest BCUT2D eigenvalue weighted by Gasteiger charge is -2.28. The van der Waals surface area contributed by atoms with Crippen LogP contribution in [0, 0.1) is 27.4 Å². The van der Waals surface area contributed by atoms with E-state index in [9.17, 15) is 0 Å². The summed E-state index contributed by atoms with van der Waals surface area (Å²) >= 11 is 0. The molecule has 138 valence electrons. The predicted octanol–water partition coefficient (Wildman–Crippen LogP) is 6.18. The Morgan fingerprint density at radius 2 is 1.23 bits per heavy atom. The van der Waals surface area contributed by atoms with Crippen molar-refractivity contribution in [3.05, 3.63) is 64.8 Å². The Labute approximate surface area is 159 Å². The van der Waals surface area contributed by atoms with Crippen LogP contribution in [0.5, 0.6) is 0 Å². The van der Waals surface area contributed by atoms with Gasteiger partial charge in [-0.1, -0.05) is 63.6 Å². The van der Waals surface area contributed by atoms with Gasteiger partial charge in [0.2, 0.25) is 6.67 Å². The van der Waals surface area contributed by atoms with E-state index in [0.29, 0.717) is 11.8 Å². The molecule has 2 nitrogen and oxygen atoms in total. The first kappa shape index (κ1) is 18.8. The van der Waals surface area contributed by atoms with Gasteiger partial charge in [0.1, 0.15) is 0 Å². The first-order valence-electron chi connectivity index (χ1n) is 9.81. The van der Waals surface area contributed by atoms with Crippen molar-refractivity contribution in [3.8, 4) is 0 Å². The highest BCUT2D eigenvalue weighted by molar-refractivity contribution is 5.69. The molecule has 2 aromatic rings. The molecule has 2 heteroatoms. The number of anilines is 2. The van der Waals surface area contributed by atoms with E-state index in [2.05, 4.69) is 95.3 Å². The Bertz CT molecular complexity index is 740. The molecular formula is C24H32N2. The quantitative estimate of drug-likeness (QED) is 0.651. The Morgan fingerprint density at radius 1 is 0.769 bits per heavy atom. The maximum absolute atomic E-state index is 3.68. The van der Waals surface area contributed by atoms with Crippen LogP contribution in [0.15, 0.2) is 30.3 Å². The number of nitrogens with zero attached hydrogens (tertiary/aromatic N) is 2. The molecule has 0 bridgehead atoms. The minimum atomic E-state index is 0.502. The number of benzene rings is 2. The predicted molar refractivity (Wildman–Crippen MR) is 113 cm³/mol. The van der Waals surface area contributed by atoms with Crippen LogP contribution in [0.2, 0.25) is 0 Å². The molecule has 26 heavy (non-hydrogen) atoms. The lowest BCUT2D eigenvalue weighted by molar-refractivity contribution is 0.818. The Kier molecular flexibility index (Phi) is 5.32. The normalized spacial score (nSPS) is 14.8. The van der Waals surface area contributed by atoms with Gasteiger partial charge in [0.05, 0.1) is 0 Å². The lowest BCUT2D eigenvalue weighted by atomic mass is 9.92. The minimum absolute atomic E-state index is 0.502. The summed E-state index contributed by atoms with van der Waals surface area (Å²) in [6.45, 7) is 21.4. The van der Waals surface area contributed by atoms with Gasteiger partial charge in [0, 0.05) is 24.5 Å². The highest BCUT2D eigenvalue weighted by Gasteiger charge is 2.29. The second-order valence-corrected chi connectivity index (χ2v) is 8.25. The largest absolute Gasteiger partial charge is 0.339 e. The fourth-order valence-corrected chi connectivity index (χ4v) is 4.19. The lowest BCUT2D eigenvalue weighted by Crippen LogP contribution is -2.22. The summed E-state index contributed by atoms with van der Waals surface area (Å²) in [5, 5.41) is 0. The van der Waals surface area contributed by atoms with Crippen molar-refractivity contribution in [1.82, 2.24) is 0 Å². The number of rotatable bonds is 4. The second-order valence-electron chi connectivity index (χ2n) is 8.25. The minimum Gasteiger partial charge on any atom is -0.339 e. The number of aryl methyl sites for hydroxylation is 3. The molecule has 3 rings (SSSR count). The van der Waals surface area contributed by atoms with Gasteiger partial charge < -0.3 is 9.80 Å². The van der Waals surface area contributed by atoms with Crippen molar-refractivity contribution < 1.29 is 0 Å².